The third-order valence-electron chi connectivity index (χ3n) is 4.33. The van der Waals surface area contributed by atoms with Gasteiger partial charge in [0, 0.05) is 23.4 Å². The number of hydrogen-bond acceptors (Lipinski definition) is 5. The van der Waals surface area contributed by atoms with Crippen LogP contribution in [0.1, 0.15) is 48.9 Å². The molecule has 1 aliphatic heterocycles. The number of nitrogens with one attached hydrogen (secondary N) is 1. The summed E-state index contributed by atoms with van der Waals surface area (Å²) >= 11 is 0. The molecule has 0 spiro atoms. The van der Waals surface area contributed by atoms with Crippen LogP contribution in [-0.2, 0) is 6.54 Å². The summed E-state index contributed by atoms with van der Waals surface area (Å²) in [6, 6.07) is 8.55. The topological polar surface area (TPSA) is 60.2 Å². The number of para-hydroxylation sites is 1. The highest BCUT2D eigenvalue weighted by Gasteiger charge is 2.30. The fourth-order valence-corrected chi connectivity index (χ4v) is 2.83. The number of benzene rings is 1. The molecule has 1 aliphatic carbocycles. The molecule has 0 saturated heterocycles. The summed E-state index contributed by atoms with van der Waals surface area (Å²) in [5.41, 5.74) is 1.28. The van der Waals surface area contributed by atoms with E-state index < -0.39 is 0 Å². The molecule has 0 bridgehead atoms. The third kappa shape index (κ3) is 2.53. The van der Waals surface area contributed by atoms with Crippen molar-refractivity contribution in [1.29, 1.82) is 0 Å². The van der Waals surface area contributed by atoms with Crippen molar-refractivity contribution in [3.63, 3.8) is 0 Å². The monoisotopic (exact) mass is 285 g/mol. The first-order chi connectivity index (χ1) is 10.3. The van der Waals surface area contributed by atoms with Gasteiger partial charge in [0.2, 0.25) is 5.89 Å². The first-order valence-electron chi connectivity index (χ1n) is 7.59. The first-order valence-corrected chi connectivity index (χ1v) is 7.59. The highest BCUT2D eigenvalue weighted by molar-refractivity contribution is 5.40. The maximum absolute atomic E-state index is 5.74. The van der Waals surface area contributed by atoms with Crippen molar-refractivity contribution in [2.75, 3.05) is 6.61 Å². The third-order valence-corrected chi connectivity index (χ3v) is 4.33. The Labute approximate surface area is 123 Å². The fourth-order valence-electron chi connectivity index (χ4n) is 2.83. The molecular weight excluding hydrogens is 266 g/mol. The molecule has 5 heteroatoms. The Bertz CT molecular complexity index is 636. The van der Waals surface area contributed by atoms with Crippen LogP contribution < -0.4 is 10.1 Å². The molecule has 5 nitrogen and oxygen atoms in total. The van der Waals surface area contributed by atoms with Gasteiger partial charge in [0.05, 0.1) is 13.2 Å². The quantitative estimate of drug-likeness (QED) is 0.915. The zero-order valence-electron chi connectivity index (χ0n) is 12.1. The lowest BCUT2D eigenvalue weighted by Crippen LogP contribution is -2.32. The van der Waals surface area contributed by atoms with E-state index in [2.05, 4.69) is 34.5 Å². The van der Waals surface area contributed by atoms with E-state index in [0.717, 1.165) is 24.1 Å². The minimum absolute atomic E-state index is 0.302. The second-order valence-electron chi connectivity index (χ2n) is 5.95. The molecule has 2 heterocycles. The summed E-state index contributed by atoms with van der Waals surface area (Å²) in [5.74, 6) is 3.44. The maximum atomic E-state index is 5.74. The van der Waals surface area contributed by atoms with Crippen molar-refractivity contribution in [3.8, 4) is 5.75 Å². The second-order valence-corrected chi connectivity index (χ2v) is 5.95. The second kappa shape index (κ2) is 5.15. The molecule has 2 unspecified atom stereocenters. The molecule has 1 aromatic carbocycles. The minimum Gasteiger partial charge on any atom is -0.493 e. The molecule has 2 aromatic rings. The molecule has 110 valence electrons. The Hall–Kier alpha value is -1.88. The number of aromatic nitrogens is 2. The Morgan fingerprint density at radius 3 is 3.05 bits per heavy atom. The molecule has 0 radical (unpaired) electrons. The highest BCUT2D eigenvalue weighted by atomic mass is 16.5. The Morgan fingerprint density at radius 2 is 2.19 bits per heavy atom. The molecule has 1 aromatic heterocycles. The highest BCUT2D eigenvalue weighted by Crippen LogP contribution is 2.39. The molecule has 2 aliphatic rings. The largest absolute Gasteiger partial charge is 0.493 e. The van der Waals surface area contributed by atoms with Crippen LogP contribution in [0, 0.1) is 0 Å². The number of ether oxygens (including phenoxy) is 1. The normalized spacial score (nSPS) is 21.9. The van der Waals surface area contributed by atoms with E-state index in [0.29, 0.717) is 24.4 Å². The van der Waals surface area contributed by atoms with Crippen LogP contribution in [0.2, 0.25) is 0 Å². The smallest absolute Gasteiger partial charge is 0.229 e. The van der Waals surface area contributed by atoms with Crippen LogP contribution in [0.3, 0.4) is 0 Å². The average Bonchev–Trinajstić information content (AvgIpc) is 3.10. The SMILES string of the molecule is CC(NCc1noc(C2CC2)n1)C1COc2ccccc21. The summed E-state index contributed by atoms with van der Waals surface area (Å²) in [6.07, 6.45) is 2.36. The zero-order valence-corrected chi connectivity index (χ0v) is 12.1. The van der Waals surface area contributed by atoms with Gasteiger partial charge in [-0.2, -0.15) is 4.98 Å². The van der Waals surface area contributed by atoms with E-state index in [9.17, 15) is 0 Å². The van der Waals surface area contributed by atoms with Crippen LogP contribution in [0.15, 0.2) is 28.8 Å². The van der Waals surface area contributed by atoms with Crippen LogP contribution in [-0.4, -0.2) is 22.8 Å². The Morgan fingerprint density at radius 1 is 1.33 bits per heavy atom. The van der Waals surface area contributed by atoms with Crippen molar-refractivity contribution in [3.05, 3.63) is 41.5 Å². The molecule has 0 amide bonds. The van der Waals surface area contributed by atoms with Crippen molar-refractivity contribution >= 4 is 0 Å². The molecule has 4 rings (SSSR count). The van der Waals surface area contributed by atoms with Gasteiger partial charge in [-0.3, -0.25) is 0 Å². The standard InChI is InChI=1S/C16H19N3O2/c1-10(13-9-20-14-5-3-2-4-12(13)14)17-8-15-18-16(21-19-15)11-6-7-11/h2-5,10-11,13,17H,6-9H2,1H3. The predicted molar refractivity (Wildman–Crippen MR) is 77.3 cm³/mol. The Balaban J connectivity index is 1.38. The zero-order chi connectivity index (χ0) is 14.2. The van der Waals surface area contributed by atoms with E-state index in [1.807, 2.05) is 12.1 Å². The van der Waals surface area contributed by atoms with E-state index in [1.54, 1.807) is 0 Å². The van der Waals surface area contributed by atoms with Crippen molar-refractivity contribution in [2.45, 2.75) is 44.2 Å². The summed E-state index contributed by atoms with van der Waals surface area (Å²) < 4.78 is 11.0. The molecular formula is C16H19N3O2. The average molecular weight is 285 g/mol. The lowest BCUT2D eigenvalue weighted by molar-refractivity contribution is 0.302. The van der Waals surface area contributed by atoms with Crippen LogP contribution in [0.5, 0.6) is 5.75 Å². The first kappa shape index (κ1) is 12.8. The minimum atomic E-state index is 0.302. The van der Waals surface area contributed by atoms with Crippen LogP contribution in [0.4, 0.5) is 0 Å². The molecule has 2 atom stereocenters. The summed E-state index contributed by atoms with van der Waals surface area (Å²) in [7, 11) is 0. The molecule has 1 fully saturated rings. The number of rotatable bonds is 5. The molecule has 21 heavy (non-hydrogen) atoms. The van der Waals surface area contributed by atoms with Gasteiger partial charge in [-0.15, -0.1) is 0 Å². The lowest BCUT2D eigenvalue weighted by Gasteiger charge is -2.18. The van der Waals surface area contributed by atoms with Crippen molar-refractivity contribution in [2.24, 2.45) is 0 Å². The van der Waals surface area contributed by atoms with Crippen LogP contribution in [0.25, 0.3) is 0 Å². The summed E-state index contributed by atoms with van der Waals surface area (Å²) in [4.78, 5) is 4.44. The van der Waals surface area contributed by atoms with E-state index in [-0.39, 0.29) is 0 Å². The lowest BCUT2D eigenvalue weighted by atomic mass is 9.94. The van der Waals surface area contributed by atoms with Gasteiger partial charge >= 0.3 is 0 Å². The fraction of sp³-hybridized carbons (Fsp3) is 0.500. The van der Waals surface area contributed by atoms with Crippen LogP contribution >= 0.6 is 0 Å². The van der Waals surface area contributed by atoms with Gasteiger partial charge in [0.25, 0.3) is 0 Å². The van der Waals surface area contributed by atoms with Crippen molar-refractivity contribution < 1.29 is 9.26 Å². The maximum Gasteiger partial charge on any atom is 0.229 e. The van der Waals surface area contributed by atoms with Crippen molar-refractivity contribution in [1.82, 2.24) is 15.5 Å². The molecule has 1 N–H and O–H groups in total. The molecule has 1 saturated carbocycles. The van der Waals surface area contributed by atoms with E-state index in [1.165, 1.54) is 18.4 Å². The Kier molecular flexibility index (Phi) is 3.15. The number of nitrogens with zero attached hydrogens (tertiary/aromatic N) is 2. The van der Waals surface area contributed by atoms with Gasteiger partial charge in [0.1, 0.15) is 5.75 Å². The van der Waals surface area contributed by atoms with Gasteiger partial charge in [0.15, 0.2) is 5.82 Å². The number of fused-ring (bicyclic) bond motifs is 1. The van der Waals surface area contributed by atoms with E-state index >= 15 is 0 Å². The van der Waals surface area contributed by atoms with Gasteiger partial charge in [-0.25, -0.2) is 0 Å². The summed E-state index contributed by atoms with van der Waals surface area (Å²) in [6.45, 7) is 3.54. The van der Waals surface area contributed by atoms with Gasteiger partial charge in [-0.05, 0) is 25.8 Å². The van der Waals surface area contributed by atoms with E-state index in [4.69, 9.17) is 9.26 Å². The van der Waals surface area contributed by atoms with Gasteiger partial charge < -0.3 is 14.6 Å². The number of hydrogen-bond donors (Lipinski definition) is 1. The summed E-state index contributed by atoms with van der Waals surface area (Å²) in [5, 5.41) is 7.53. The van der Waals surface area contributed by atoms with Gasteiger partial charge in [-0.1, -0.05) is 23.4 Å². The predicted octanol–water partition coefficient (Wildman–Crippen LogP) is 2.60.